The van der Waals surface area contributed by atoms with Crippen molar-refractivity contribution in [3.8, 4) is 17.5 Å². The van der Waals surface area contributed by atoms with Crippen LogP contribution in [0.1, 0.15) is 5.56 Å². The molecule has 0 amide bonds. The number of rotatable bonds is 1. The maximum atomic E-state index is 11.5. The lowest BCUT2D eigenvalue weighted by Crippen LogP contribution is -2.16. The molecule has 0 aliphatic rings. The Labute approximate surface area is 91.2 Å². The smallest absolute Gasteiger partial charge is 0.271 e. The molecule has 2 rings (SSSR count). The van der Waals surface area contributed by atoms with Crippen molar-refractivity contribution in [3.63, 3.8) is 0 Å². The maximum absolute atomic E-state index is 11.5. The monoisotopic (exact) mass is 212 g/mol. The summed E-state index contributed by atoms with van der Waals surface area (Å²) < 4.78 is 0. The molecule has 16 heavy (non-hydrogen) atoms. The van der Waals surface area contributed by atoms with Gasteiger partial charge in [0.05, 0.1) is 0 Å². The van der Waals surface area contributed by atoms with Crippen LogP contribution in [-0.4, -0.2) is 9.97 Å². The molecule has 1 aromatic carbocycles. The van der Waals surface area contributed by atoms with Gasteiger partial charge in [0.25, 0.3) is 5.56 Å². The second-order valence-electron chi connectivity index (χ2n) is 3.15. The number of anilines is 1. The highest BCUT2D eigenvalue weighted by atomic mass is 16.1. The van der Waals surface area contributed by atoms with E-state index in [1.165, 1.54) is 0 Å². The average Bonchev–Trinajstić information content (AvgIpc) is 2.30. The van der Waals surface area contributed by atoms with E-state index >= 15 is 0 Å². The molecule has 0 saturated carbocycles. The van der Waals surface area contributed by atoms with E-state index in [9.17, 15) is 4.79 Å². The number of hydrogen-bond acceptors (Lipinski definition) is 4. The highest BCUT2D eigenvalue weighted by Gasteiger charge is 2.08. The Morgan fingerprint density at radius 1 is 1.31 bits per heavy atom. The largest absolute Gasteiger partial charge is 0.382 e. The normalized spacial score (nSPS) is 9.69. The number of aromatic nitrogens is 2. The second kappa shape index (κ2) is 3.87. The fourth-order valence-corrected chi connectivity index (χ4v) is 1.33. The number of benzene rings is 1. The van der Waals surface area contributed by atoms with E-state index in [2.05, 4.69) is 9.97 Å². The van der Waals surface area contributed by atoms with Crippen molar-refractivity contribution in [2.75, 3.05) is 5.73 Å². The lowest BCUT2D eigenvalue weighted by Gasteiger charge is -2.02. The third-order valence-corrected chi connectivity index (χ3v) is 2.11. The molecular formula is C11H8N4O. The summed E-state index contributed by atoms with van der Waals surface area (Å²) in [5.74, 6) is 0.312. The van der Waals surface area contributed by atoms with Crippen molar-refractivity contribution >= 4 is 5.82 Å². The molecule has 0 saturated heterocycles. The Morgan fingerprint density at radius 3 is 2.56 bits per heavy atom. The van der Waals surface area contributed by atoms with E-state index in [1.54, 1.807) is 18.2 Å². The van der Waals surface area contributed by atoms with Crippen molar-refractivity contribution in [1.29, 1.82) is 5.26 Å². The quantitative estimate of drug-likeness (QED) is 0.733. The van der Waals surface area contributed by atoms with E-state index in [-0.39, 0.29) is 11.4 Å². The van der Waals surface area contributed by atoms with E-state index in [1.807, 2.05) is 18.2 Å². The number of nitriles is 1. The van der Waals surface area contributed by atoms with Crippen LogP contribution >= 0.6 is 0 Å². The van der Waals surface area contributed by atoms with Gasteiger partial charge in [-0.2, -0.15) is 5.26 Å². The zero-order valence-electron chi connectivity index (χ0n) is 8.27. The molecule has 1 heterocycles. The van der Waals surface area contributed by atoms with Crippen LogP contribution in [0.4, 0.5) is 5.82 Å². The molecule has 5 nitrogen and oxygen atoms in total. The SMILES string of the molecule is N#Cc1c(N)nc(-c2ccccc2)[nH]c1=O. The van der Waals surface area contributed by atoms with Crippen LogP contribution in [0.2, 0.25) is 0 Å². The lowest BCUT2D eigenvalue weighted by molar-refractivity contribution is 1.12. The minimum absolute atomic E-state index is 0.0508. The molecule has 0 aliphatic heterocycles. The summed E-state index contributed by atoms with van der Waals surface area (Å²) >= 11 is 0. The molecule has 0 radical (unpaired) electrons. The first kappa shape index (κ1) is 9.93. The first-order valence-corrected chi connectivity index (χ1v) is 4.57. The Morgan fingerprint density at radius 2 is 2.00 bits per heavy atom. The lowest BCUT2D eigenvalue weighted by atomic mass is 10.2. The standard InChI is InChI=1S/C11H8N4O/c12-6-8-9(13)14-10(15-11(8)16)7-4-2-1-3-5-7/h1-5H,(H3,13,14,15,16). The Bertz CT molecular complexity index is 610. The molecule has 0 unspecified atom stereocenters. The maximum Gasteiger partial charge on any atom is 0.271 e. The Balaban J connectivity index is 2.63. The van der Waals surface area contributed by atoms with E-state index in [0.29, 0.717) is 5.82 Å². The molecule has 5 heteroatoms. The summed E-state index contributed by atoms with van der Waals surface area (Å²) in [6.45, 7) is 0. The van der Waals surface area contributed by atoms with E-state index in [4.69, 9.17) is 11.0 Å². The van der Waals surface area contributed by atoms with Gasteiger partial charge in [0, 0.05) is 5.56 Å². The van der Waals surface area contributed by atoms with Crippen molar-refractivity contribution in [3.05, 3.63) is 46.2 Å². The highest BCUT2D eigenvalue weighted by molar-refractivity contribution is 5.58. The molecule has 78 valence electrons. The van der Waals surface area contributed by atoms with Gasteiger partial charge in [0.2, 0.25) is 0 Å². The van der Waals surface area contributed by atoms with Crippen molar-refractivity contribution in [1.82, 2.24) is 9.97 Å². The molecule has 0 atom stereocenters. The van der Waals surface area contributed by atoms with Crippen molar-refractivity contribution < 1.29 is 0 Å². The Hall–Kier alpha value is -2.61. The summed E-state index contributed by atoms with van der Waals surface area (Å²) in [6, 6.07) is 10.8. The van der Waals surface area contributed by atoms with Gasteiger partial charge in [-0.1, -0.05) is 30.3 Å². The minimum Gasteiger partial charge on any atom is -0.382 e. The van der Waals surface area contributed by atoms with Crippen LogP contribution in [0.5, 0.6) is 0 Å². The summed E-state index contributed by atoms with van der Waals surface area (Å²) in [5, 5.41) is 8.67. The number of nitrogen functional groups attached to an aromatic ring is 1. The molecule has 0 spiro atoms. The number of nitrogens with zero attached hydrogens (tertiary/aromatic N) is 2. The fraction of sp³-hybridized carbons (Fsp3) is 0. The van der Waals surface area contributed by atoms with Crippen LogP contribution in [0.25, 0.3) is 11.4 Å². The van der Waals surface area contributed by atoms with Gasteiger partial charge in [0.1, 0.15) is 17.7 Å². The third kappa shape index (κ3) is 1.64. The molecule has 2 aromatic rings. The van der Waals surface area contributed by atoms with Crippen molar-refractivity contribution in [2.24, 2.45) is 0 Å². The predicted octanol–water partition coefficient (Wildman–Crippen LogP) is 0.891. The van der Waals surface area contributed by atoms with Crippen LogP contribution in [0.15, 0.2) is 35.1 Å². The number of aromatic amines is 1. The predicted molar refractivity (Wildman–Crippen MR) is 59.4 cm³/mol. The summed E-state index contributed by atoms with van der Waals surface area (Å²) in [4.78, 5) is 18.0. The molecule has 1 aromatic heterocycles. The zero-order chi connectivity index (χ0) is 11.5. The molecule has 0 aliphatic carbocycles. The first-order chi connectivity index (χ1) is 7.72. The zero-order valence-corrected chi connectivity index (χ0v) is 8.27. The molecular weight excluding hydrogens is 204 g/mol. The van der Waals surface area contributed by atoms with Crippen LogP contribution < -0.4 is 11.3 Å². The van der Waals surface area contributed by atoms with Gasteiger partial charge in [-0.05, 0) is 0 Å². The van der Waals surface area contributed by atoms with Crippen LogP contribution in [-0.2, 0) is 0 Å². The molecule has 0 fully saturated rings. The minimum atomic E-state index is -0.520. The van der Waals surface area contributed by atoms with Gasteiger partial charge < -0.3 is 10.7 Å². The summed E-state index contributed by atoms with van der Waals surface area (Å²) in [6.07, 6.45) is 0. The number of nitrogens with two attached hydrogens (primary N) is 1. The van der Waals surface area contributed by atoms with Gasteiger partial charge in [-0.15, -0.1) is 0 Å². The van der Waals surface area contributed by atoms with E-state index in [0.717, 1.165) is 5.56 Å². The number of H-pyrrole nitrogens is 1. The Kier molecular flexibility index (Phi) is 2.40. The van der Waals surface area contributed by atoms with Gasteiger partial charge in [-0.25, -0.2) is 4.98 Å². The summed E-state index contributed by atoms with van der Waals surface area (Å²) in [5.41, 5.74) is 5.59. The number of nitrogens with one attached hydrogen (secondary N) is 1. The van der Waals surface area contributed by atoms with Gasteiger partial charge in [-0.3, -0.25) is 4.79 Å². The molecule has 0 bridgehead atoms. The average molecular weight is 212 g/mol. The number of hydrogen-bond donors (Lipinski definition) is 2. The molecule has 3 N–H and O–H groups in total. The van der Waals surface area contributed by atoms with E-state index < -0.39 is 5.56 Å². The van der Waals surface area contributed by atoms with Gasteiger partial charge >= 0.3 is 0 Å². The third-order valence-electron chi connectivity index (χ3n) is 2.11. The van der Waals surface area contributed by atoms with Gasteiger partial charge in [0.15, 0.2) is 5.56 Å². The van der Waals surface area contributed by atoms with Crippen molar-refractivity contribution in [2.45, 2.75) is 0 Å². The summed E-state index contributed by atoms with van der Waals surface area (Å²) in [7, 11) is 0. The van der Waals surface area contributed by atoms with Crippen LogP contribution in [0, 0.1) is 11.3 Å². The topological polar surface area (TPSA) is 95.6 Å². The first-order valence-electron chi connectivity index (χ1n) is 4.57. The van der Waals surface area contributed by atoms with Crippen LogP contribution in [0.3, 0.4) is 0 Å². The second-order valence-corrected chi connectivity index (χ2v) is 3.15. The fourth-order valence-electron chi connectivity index (χ4n) is 1.33. The highest BCUT2D eigenvalue weighted by Crippen LogP contribution is 2.14.